The molecule has 144 valence electrons. The number of nitrogens with one attached hydrogen (secondary N) is 2. The van der Waals surface area contributed by atoms with Crippen LogP contribution in [0.2, 0.25) is 5.02 Å². The second kappa shape index (κ2) is 12.2. The molecule has 2 rings (SSSR count). The van der Waals surface area contributed by atoms with Crippen molar-refractivity contribution in [2.24, 2.45) is 4.99 Å². The Balaban J connectivity index is 0.00000338. The standard InChI is InChI=1S/C19H28ClN5.HI/c1-4-21-19(23-11-9-17-7-5-8-18(20)14-17)22-10-6-12-25-16(3)13-15(2)24-25;/h5,7-8,13-14H,4,6,9-12H2,1-3H3,(H2,21,22,23);1H. The molecule has 2 N–H and O–H groups in total. The van der Waals surface area contributed by atoms with E-state index in [1.807, 2.05) is 29.8 Å². The predicted molar refractivity (Wildman–Crippen MR) is 121 cm³/mol. The summed E-state index contributed by atoms with van der Waals surface area (Å²) in [4.78, 5) is 4.64. The minimum Gasteiger partial charge on any atom is -0.357 e. The molecular formula is C19H29ClIN5. The molecule has 0 spiro atoms. The molecule has 7 heteroatoms. The van der Waals surface area contributed by atoms with Crippen LogP contribution in [-0.2, 0) is 13.0 Å². The Morgan fingerprint density at radius 2 is 2.04 bits per heavy atom. The van der Waals surface area contributed by atoms with Gasteiger partial charge in [0.05, 0.1) is 5.69 Å². The molecule has 1 aromatic carbocycles. The molecule has 0 saturated heterocycles. The van der Waals surface area contributed by atoms with E-state index in [4.69, 9.17) is 11.6 Å². The lowest BCUT2D eigenvalue weighted by atomic mass is 10.1. The van der Waals surface area contributed by atoms with Gasteiger partial charge in [0.15, 0.2) is 5.96 Å². The van der Waals surface area contributed by atoms with Gasteiger partial charge in [-0.25, -0.2) is 0 Å². The van der Waals surface area contributed by atoms with Gasteiger partial charge in [0.1, 0.15) is 0 Å². The lowest BCUT2D eigenvalue weighted by Crippen LogP contribution is -2.38. The van der Waals surface area contributed by atoms with Gasteiger partial charge in [0.2, 0.25) is 0 Å². The number of hydrogen-bond acceptors (Lipinski definition) is 2. The van der Waals surface area contributed by atoms with Gasteiger partial charge in [-0.05, 0) is 57.4 Å². The highest BCUT2D eigenvalue weighted by molar-refractivity contribution is 14.0. The van der Waals surface area contributed by atoms with Gasteiger partial charge in [-0.2, -0.15) is 5.10 Å². The summed E-state index contributed by atoms with van der Waals surface area (Å²) in [5, 5.41) is 11.9. The summed E-state index contributed by atoms with van der Waals surface area (Å²) >= 11 is 6.02. The molecule has 0 aliphatic rings. The molecular weight excluding hydrogens is 461 g/mol. The first-order chi connectivity index (χ1) is 12.1. The molecule has 5 nitrogen and oxygen atoms in total. The first-order valence-electron chi connectivity index (χ1n) is 8.86. The molecule has 0 fully saturated rings. The lowest BCUT2D eigenvalue weighted by molar-refractivity contribution is 0.567. The fourth-order valence-corrected chi connectivity index (χ4v) is 2.88. The van der Waals surface area contributed by atoms with Crippen LogP contribution >= 0.6 is 35.6 Å². The number of rotatable bonds is 8. The van der Waals surface area contributed by atoms with E-state index in [0.717, 1.165) is 55.7 Å². The fourth-order valence-electron chi connectivity index (χ4n) is 2.67. The van der Waals surface area contributed by atoms with E-state index in [0.29, 0.717) is 0 Å². The Kier molecular flexibility index (Phi) is 10.7. The summed E-state index contributed by atoms with van der Waals surface area (Å²) < 4.78 is 2.05. The molecule has 0 unspecified atom stereocenters. The molecule has 0 amide bonds. The topological polar surface area (TPSA) is 54.2 Å². The van der Waals surface area contributed by atoms with Gasteiger partial charge in [0.25, 0.3) is 0 Å². The van der Waals surface area contributed by atoms with Gasteiger partial charge < -0.3 is 10.6 Å². The Morgan fingerprint density at radius 1 is 1.23 bits per heavy atom. The van der Waals surface area contributed by atoms with Crippen LogP contribution in [0.4, 0.5) is 0 Å². The molecule has 2 aromatic rings. The van der Waals surface area contributed by atoms with E-state index < -0.39 is 0 Å². The minimum absolute atomic E-state index is 0. The maximum Gasteiger partial charge on any atom is 0.191 e. The van der Waals surface area contributed by atoms with Crippen molar-refractivity contribution >= 4 is 41.5 Å². The predicted octanol–water partition coefficient (Wildman–Crippen LogP) is 3.96. The third-order valence-electron chi connectivity index (χ3n) is 3.84. The lowest BCUT2D eigenvalue weighted by Gasteiger charge is -2.11. The van der Waals surface area contributed by atoms with Gasteiger partial charge in [-0.1, -0.05) is 23.7 Å². The van der Waals surface area contributed by atoms with Gasteiger partial charge in [0, 0.05) is 36.9 Å². The Labute approximate surface area is 178 Å². The Morgan fingerprint density at radius 3 is 2.69 bits per heavy atom. The van der Waals surface area contributed by atoms with E-state index in [2.05, 4.69) is 46.7 Å². The molecule has 1 heterocycles. The Hall–Kier alpha value is -1.28. The number of hydrogen-bond donors (Lipinski definition) is 2. The zero-order valence-corrected chi connectivity index (χ0v) is 18.8. The van der Waals surface area contributed by atoms with Crippen molar-refractivity contribution in [1.82, 2.24) is 20.4 Å². The summed E-state index contributed by atoms with van der Waals surface area (Å²) in [7, 11) is 0. The van der Waals surface area contributed by atoms with Crippen molar-refractivity contribution in [3.05, 3.63) is 52.3 Å². The van der Waals surface area contributed by atoms with E-state index in [1.165, 1.54) is 11.3 Å². The molecule has 1 aromatic heterocycles. The SMILES string of the molecule is CCNC(=NCCCn1nc(C)cc1C)NCCc1cccc(Cl)c1.I. The molecule has 0 aliphatic carbocycles. The maximum absolute atomic E-state index is 6.02. The molecule has 26 heavy (non-hydrogen) atoms. The second-order valence-corrected chi connectivity index (χ2v) is 6.51. The largest absolute Gasteiger partial charge is 0.357 e. The summed E-state index contributed by atoms with van der Waals surface area (Å²) in [5.74, 6) is 0.859. The van der Waals surface area contributed by atoms with Crippen LogP contribution in [0.25, 0.3) is 0 Å². The first-order valence-corrected chi connectivity index (χ1v) is 9.24. The number of aromatic nitrogens is 2. The van der Waals surface area contributed by atoms with Gasteiger partial charge in [-0.3, -0.25) is 9.67 Å². The summed E-state index contributed by atoms with van der Waals surface area (Å²) in [6, 6.07) is 10.1. The van der Waals surface area contributed by atoms with Crippen LogP contribution in [0.15, 0.2) is 35.3 Å². The number of halogens is 2. The maximum atomic E-state index is 6.02. The van der Waals surface area contributed by atoms with E-state index in [9.17, 15) is 0 Å². The summed E-state index contributed by atoms with van der Waals surface area (Å²) in [6.07, 6.45) is 1.88. The molecule has 0 atom stereocenters. The average Bonchev–Trinajstić information content (AvgIpc) is 2.89. The number of aryl methyl sites for hydroxylation is 3. The van der Waals surface area contributed by atoms with Gasteiger partial charge >= 0.3 is 0 Å². The van der Waals surface area contributed by atoms with Crippen LogP contribution in [0.1, 0.15) is 30.3 Å². The normalized spacial score (nSPS) is 11.2. The van der Waals surface area contributed by atoms with Crippen LogP contribution in [-0.4, -0.2) is 35.4 Å². The van der Waals surface area contributed by atoms with Crippen LogP contribution < -0.4 is 10.6 Å². The Bertz CT molecular complexity index is 699. The zero-order valence-electron chi connectivity index (χ0n) is 15.8. The highest BCUT2D eigenvalue weighted by Crippen LogP contribution is 2.10. The number of nitrogens with zero attached hydrogens (tertiary/aromatic N) is 3. The third-order valence-corrected chi connectivity index (χ3v) is 4.08. The van der Waals surface area contributed by atoms with Crippen LogP contribution in [0, 0.1) is 13.8 Å². The second-order valence-electron chi connectivity index (χ2n) is 6.07. The van der Waals surface area contributed by atoms with Crippen molar-refractivity contribution in [2.45, 2.75) is 40.2 Å². The smallest absolute Gasteiger partial charge is 0.191 e. The molecule has 0 aliphatic heterocycles. The zero-order chi connectivity index (χ0) is 18.1. The highest BCUT2D eigenvalue weighted by Gasteiger charge is 2.01. The van der Waals surface area contributed by atoms with E-state index >= 15 is 0 Å². The highest BCUT2D eigenvalue weighted by atomic mass is 127. The van der Waals surface area contributed by atoms with Crippen molar-refractivity contribution in [3.63, 3.8) is 0 Å². The van der Waals surface area contributed by atoms with Crippen molar-refractivity contribution < 1.29 is 0 Å². The van der Waals surface area contributed by atoms with Crippen molar-refractivity contribution in [2.75, 3.05) is 19.6 Å². The van der Waals surface area contributed by atoms with Crippen LogP contribution in [0.5, 0.6) is 0 Å². The van der Waals surface area contributed by atoms with E-state index in [-0.39, 0.29) is 24.0 Å². The fraction of sp³-hybridized carbons (Fsp3) is 0.474. The number of benzene rings is 1. The van der Waals surface area contributed by atoms with E-state index in [1.54, 1.807) is 0 Å². The number of guanidine groups is 1. The van der Waals surface area contributed by atoms with Crippen molar-refractivity contribution in [3.8, 4) is 0 Å². The van der Waals surface area contributed by atoms with Gasteiger partial charge in [-0.15, -0.1) is 24.0 Å². The minimum atomic E-state index is 0. The summed E-state index contributed by atoms with van der Waals surface area (Å²) in [5.41, 5.74) is 3.49. The average molecular weight is 490 g/mol. The molecule has 0 saturated carbocycles. The number of aliphatic imine (C=N–C) groups is 1. The monoisotopic (exact) mass is 489 g/mol. The quantitative estimate of drug-likeness (QED) is 0.255. The molecule has 0 radical (unpaired) electrons. The molecule has 0 bridgehead atoms. The summed E-state index contributed by atoms with van der Waals surface area (Å²) in [6.45, 7) is 9.52. The van der Waals surface area contributed by atoms with Crippen LogP contribution in [0.3, 0.4) is 0 Å². The third kappa shape index (κ3) is 7.95. The van der Waals surface area contributed by atoms with Crippen molar-refractivity contribution in [1.29, 1.82) is 0 Å². The first kappa shape index (κ1) is 22.8.